The quantitative estimate of drug-likeness (QED) is 0.908. The van der Waals surface area contributed by atoms with Gasteiger partial charge in [-0.15, -0.1) is 0 Å². The van der Waals surface area contributed by atoms with E-state index < -0.39 is 0 Å². The van der Waals surface area contributed by atoms with Crippen LogP contribution in [0.15, 0.2) is 30.5 Å². The number of benzene rings is 1. The fraction of sp³-hybridized carbons (Fsp3) is 0.333. The highest BCUT2D eigenvalue weighted by atomic mass is 19.1. The van der Waals surface area contributed by atoms with Crippen molar-refractivity contribution in [2.24, 2.45) is 0 Å². The van der Waals surface area contributed by atoms with Crippen molar-refractivity contribution in [3.63, 3.8) is 0 Å². The fourth-order valence-electron chi connectivity index (χ4n) is 2.60. The van der Waals surface area contributed by atoms with E-state index in [0.29, 0.717) is 18.2 Å². The van der Waals surface area contributed by atoms with Crippen LogP contribution in [0.25, 0.3) is 0 Å². The Kier molecular flexibility index (Phi) is 2.70. The molecule has 1 atom stereocenters. The second kappa shape index (κ2) is 4.58. The van der Waals surface area contributed by atoms with Gasteiger partial charge in [0.1, 0.15) is 17.2 Å². The Labute approximate surface area is 121 Å². The summed E-state index contributed by atoms with van der Waals surface area (Å²) in [4.78, 5) is 12.1. The molecule has 1 saturated carbocycles. The van der Waals surface area contributed by atoms with E-state index >= 15 is 0 Å². The van der Waals surface area contributed by atoms with Crippen molar-refractivity contribution < 1.29 is 9.18 Å². The summed E-state index contributed by atoms with van der Waals surface area (Å²) in [6, 6.07) is 6.73. The summed E-state index contributed by atoms with van der Waals surface area (Å²) in [7, 11) is 0. The van der Waals surface area contributed by atoms with Crippen LogP contribution in [0, 0.1) is 5.82 Å². The molecule has 0 saturated heterocycles. The van der Waals surface area contributed by atoms with Crippen LogP contribution in [0.1, 0.15) is 34.8 Å². The molecule has 1 fully saturated rings. The number of hydrogen-bond donors (Lipinski definition) is 2. The third kappa shape index (κ3) is 2.26. The molecule has 1 aliphatic carbocycles. The van der Waals surface area contributed by atoms with Crippen molar-refractivity contribution in [2.75, 3.05) is 5.32 Å². The molecule has 1 aliphatic heterocycles. The number of fused-ring (bicyclic) bond motifs is 1. The van der Waals surface area contributed by atoms with E-state index in [1.165, 1.54) is 12.1 Å². The Balaban J connectivity index is 1.55. The summed E-state index contributed by atoms with van der Waals surface area (Å²) >= 11 is 0. The van der Waals surface area contributed by atoms with Gasteiger partial charge in [-0.25, -0.2) is 9.07 Å². The van der Waals surface area contributed by atoms with E-state index in [4.69, 9.17) is 0 Å². The monoisotopic (exact) mass is 286 g/mol. The fourth-order valence-corrected chi connectivity index (χ4v) is 2.60. The lowest BCUT2D eigenvalue weighted by molar-refractivity contribution is 0.0952. The average Bonchev–Trinajstić information content (AvgIpc) is 3.04. The molecule has 4 rings (SSSR count). The number of amides is 1. The molecule has 0 spiro atoms. The van der Waals surface area contributed by atoms with Crippen molar-refractivity contribution in [2.45, 2.75) is 31.5 Å². The van der Waals surface area contributed by atoms with Gasteiger partial charge in [-0.3, -0.25) is 4.79 Å². The number of carbonyl (C=O) groups is 1. The number of nitrogens with zero attached hydrogens (tertiary/aromatic N) is 2. The predicted molar refractivity (Wildman–Crippen MR) is 75.5 cm³/mol. The molecule has 1 amide bonds. The smallest absolute Gasteiger partial charge is 0.256 e. The zero-order chi connectivity index (χ0) is 14.4. The number of halogens is 1. The van der Waals surface area contributed by atoms with Crippen molar-refractivity contribution in [1.29, 1.82) is 0 Å². The Hall–Kier alpha value is -2.37. The largest absolute Gasteiger partial charge is 0.361 e. The molecule has 1 aromatic heterocycles. The maximum atomic E-state index is 13.0. The molecule has 108 valence electrons. The number of anilines is 1. The van der Waals surface area contributed by atoms with Gasteiger partial charge < -0.3 is 10.6 Å². The van der Waals surface area contributed by atoms with E-state index in [-0.39, 0.29) is 17.8 Å². The number of hydrogen-bond acceptors (Lipinski definition) is 3. The second-order valence-corrected chi connectivity index (χ2v) is 5.59. The average molecular weight is 286 g/mol. The predicted octanol–water partition coefficient (Wildman–Crippen LogP) is 2.08. The molecule has 5 nitrogen and oxygen atoms in total. The summed E-state index contributed by atoms with van der Waals surface area (Å²) < 4.78 is 14.8. The summed E-state index contributed by atoms with van der Waals surface area (Å²) in [6.07, 6.45) is 3.71. The standard InChI is InChI=1S/C15H15FN4O/c16-10-3-1-9(2-4-10)13-8-20-14(19-13)12(7-17-20)15(21)18-11-5-6-11/h1-4,7,11,13,19H,5-6,8H2,(H,18,21). The molecule has 2 N–H and O–H groups in total. The molecule has 2 aromatic rings. The highest BCUT2D eigenvalue weighted by molar-refractivity contribution is 5.99. The van der Waals surface area contributed by atoms with E-state index in [0.717, 1.165) is 24.2 Å². The lowest BCUT2D eigenvalue weighted by Gasteiger charge is -2.11. The zero-order valence-corrected chi connectivity index (χ0v) is 11.3. The SMILES string of the molecule is O=C(NC1CC1)c1cnn2c1NC(c1ccc(F)cc1)C2. The third-order valence-corrected chi connectivity index (χ3v) is 3.94. The van der Waals surface area contributed by atoms with Crippen LogP contribution in [0.3, 0.4) is 0 Å². The molecule has 2 aliphatic rings. The van der Waals surface area contributed by atoms with E-state index in [1.54, 1.807) is 23.0 Å². The second-order valence-electron chi connectivity index (χ2n) is 5.59. The molecule has 1 aromatic carbocycles. The first kappa shape index (κ1) is 12.4. The molecule has 6 heteroatoms. The first-order valence-electron chi connectivity index (χ1n) is 7.09. The molecular weight excluding hydrogens is 271 g/mol. The van der Waals surface area contributed by atoms with E-state index in [2.05, 4.69) is 15.7 Å². The van der Waals surface area contributed by atoms with Crippen molar-refractivity contribution in [3.8, 4) is 0 Å². The molecule has 2 heterocycles. The number of rotatable bonds is 3. The van der Waals surface area contributed by atoms with Gasteiger partial charge in [0.15, 0.2) is 0 Å². The molecule has 1 unspecified atom stereocenters. The summed E-state index contributed by atoms with van der Waals surface area (Å²) in [5.74, 6) is 0.410. The van der Waals surface area contributed by atoms with Gasteiger partial charge >= 0.3 is 0 Å². The molecule has 0 radical (unpaired) electrons. The van der Waals surface area contributed by atoms with Crippen LogP contribution in [0.5, 0.6) is 0 Å². The summed E-state index contributed by atoms with van der Waals surface area (Å²) in [5.41, 5.74) is 1.56. The van der Waals surface area contributed by atoms with Gasteiger partial charge in [0.2, 0.25) is 0 Å². The van der Waals surface area contributed by atoms with Crippen LogP contribution in [-0.2, 0) is 6.54 Å². The van der Waals surface area contributed by atoms with Crippen molar-refractivity contribution in [1.82, 2.24) is 15.1 Å². The minimum absolute atomic E-state index is 0.0155. The van der Waals surface area contributed by atoms with Crippen LogP contribution < -0.4 is 10.6 Å². The van der Waals surface area contributed by atoms with Gasteiger partial charge in [-0.2, -0.15) is 5.10 Å². The number of aromatic nitrogens is 2. The first-order chi connectivity index (χ1) is 10.2. The Morgan fingerprint density at radius 3 is 2.81 bits per heavy atom. The van der Waals surface area contributed by atoms with Crippen molar-refractivity contribution >= 4 is 11.7 Å². The molecular formula is C15H15FN4O. The minimum Gasteiger partial charge on any atom is -0.361 e. The van der Waals surface area contributed by atoms with Crippen LogP contribution in [0.2, 0.25) is 0 Å². The maximum absolute atomic E-state index is 13.0. The highest BCUT2D eigenvalue weighted by Gasteiger charge is 2.30. The Morgan fingerprint density at radius 2 is 2.10 bits per heavy atom. The number of nitrogens with one attached hydrogen (secondary N) is 2. The topological polar surface area (TPSA) is 59.0 Å². The van der Waals surface area contributed by atoms with Gasteiger partial charge in [0, 0.05) is 6.04 Å². The third-order valence-electron chi connectivity index (χ3n) is 3.94. The van der Waals surface area contributed by atoms with Crippen LogP contribution in [-0.4, -0.2) is 21.7 Å². The lowest BCUT2D eigenvalue weighted by Crippen LogP contribution is -2.25. The van der Waals surface area contributed by atoms with Gasteiger partial charge in [-0.1, -0.05) is 12.1 Å². The van der Waals surface area contributed by atoms with E-state index in [1.807, 2.05) is 0 Å². The molecule has 0 bridgehead atoms. The maximum Gasteiger partial charge on any atom is 0.256 e. The Morgan fingerprint density at radius 1 is 1.33 bits per heavy atom. The molecule has 21 heavy (non-hydrogen) atoms. The highest BCUT2D eigenvalue weighted by Crippen LogP contribution is 2.31. The Bertz CT molecular complexity index is 690. The number of carbonyl (C=O) groups excluding carboxylic acids is 1. The zero-order valence-electron chi connectivity index (χ0n) is 11.3. The van der Waals surface area contributed by atoms with E-state index in [9.17, 15) is 9.18 Å². The summed E-state index contributed by atoms with van der Waals surface area (Å²) in [5, 5.41) is 10.5. The van der Waals surface area contributed by atoms with Crippen LogP contribution in [0.4, 0.5) is 10.2 Å². The first-order valence-corrected chi connectivity index (χ1v) is 7.09. The van der Waals surface area contributed by atoms with Gasteiger partial charge in [-0.05, 0) is 30.5 Å². The van der Waals surface area contributed by atoms with Crippen molar-refractivity contribution in [3.05, 3.63) is 47.4 Å². The summed E-state index contributed by atoms with van der Waals surface area (Å²) in [6.45, 7) is 0.637. The normalized spacial score (nSPS) is 20.0. The minimum atomic E-state index is -0.251. The van der Waals surface area contributed by atoms with Gasteiger partial charge in [0.05, 0.1) is 18.8 Å². The van der Waals surface area contributed by atoms with Gasteiger partial charge in [0.25, 0.3) is 5.91 Å². The lowest BCUT2D eigenvalue weighted by atomic mass is 10.1. The van der Waals surface area contributed by atoms with Crippen LogP contribution >= 0.6 is 0 Å².